The summed E-state index contributed by atoms with van der Waals surface area (Å²) in [5.41, 5.74) is 0.784. The fourth-order valence-corrected chi connectivity index (χ4v) is 2.55. The molecule has 1 aromatic carbocycles. The first-order valence-corrected chi connectivity index (χ1v) is 6.85. The summed E-state index contributed by atoms with van der Waals surface area (Å²) < 4.78 is 5.40. The lowest BCUT2D eigenvalue weighted by atomic mass is 10.2. The van der Waals surface area contributed by atoms with Crippen LogP contribution in [0.25, 0.3) is 0 Å². The maximum Gasteiger partial charge on any atom is 0.326 e. The van der Waals surface area contributed by atoms with Crippen LogP contribution in [0.3, 0.4) is 0 Å². The molecule has 0 saturated carbocycles. The third-order valence-corrected chi connectivity index (χ3v) is 3.61. The van der Waals surface area contributed by atoms with Gasteiger partial charge in [0.05, 0.1) is 6.10 Å². The predicted octanol–water partition coefficient (Wildman–Crippen LogP) is 1.07. The third-order valence-electron chi connectivity index (χ3n) is 3.37. The molecule has 1 aliphatic heterocycles. The second-order valence-corrected chi connectivity index (χ2v) is 5.42. The molecule has 1 saturated heterocycles. The molecule has 0 aromatic heterocycles. The average molecular weight is 314 g/mol. The topological polar surface area (TPSA) is 87.1 Å². The molecule has 21 heavy (non-hydrogen) atoms. The van der Waals surface area contributed by atoms with Gasteiger partial charge >= 0.3 is 5.97 Å². The van der Waals surface area contributed by atoms with Crippen LogP contribution in [0, 0.1) is 6.92 Å². The average Bonchev–Trinajstić information content (AvgIpc) is 2.80. The number of β-amino-alcohol motifs (C(OH)–C–C–N with tert-alkyl or cyclic N) is 1. The maximum absolute atomic E-state index is 12.1. The van der Waals surface area contributed by atoms with E-state index in [1.54, 1.807) is 25.1 Å². The van der Waals surface area contributed by atoms with Crippen molar-refractivity contribution in [1.29, 1.82) is 0 Å². The summed E-state index contributed by atoms with van der Waals surface area (Å²) in [7, 11) is 0. The number of aliphatic carboxylic acids is 1. The molecule has 2 N–H and O–H groups in total. The number of ether oxygens (including phenoxy) is 1. The number of carbonyl (C=O) groups is 2. The highest BCUT2D eigenvalue weighted by Crippen LogP contribution is 2.23. The predicted molar refractivity (Wildman–Crippen MR) is 75.4 cm³/mol. The molecule has 7 heteroatoms. The molecule has 0 spiro atoms. The Bertz CT molecular complexity index is 562. The number of halogens is 1. The summed E-state index contributed by atoms with van der Waals surface area (Å²) in [5.74, 6) is -1.07. The van der Waals surface area contributed by atoms with Crippen LogP contribution in [0.1, 0.15) is 12.0 Å². The Hall–Kier alpha value is -1.79. The second kappa shape index (κ2) is 6.32. The van der Waals surface area contributed by atoms with Crippen LogP contribution in [-0.4, -0.2) is 52.3 Å². The van der Waals surface area contributed by atoms with Gasteiger partial charge < -0.3 is 19.8 Å². The van der Waals surface area contributed by atoms with Crippen LogP contribution >= 0.6 is 11.6 Å². The normalized spacial score (nSPS) is 21.4. The van der Waals surface area contributed by atoms with Gasteiger partial charge in [0.1, 0.15) is 11.8 Å². The fraction of sp³-hybridized carbons (Fsp3) is 0.429. The number of hydrogen-bond donors (Lipinski definition) is 2. The lowest BCUT2D eigenvalue weighted by Crippen LogP contribution is -2.43. The highest BCUT2D eigenvalue weighted by Gasteiger charge is 2.38. The second-order valence-electron chi connectivity index (χ2n) is 4.99. The molecular weight excluding hydrogens is 298 g/mol. The molecule has 114 valence electrons. The number of nitrogens with zero attached hydrogens (tertiary/aromatic N) is 1. The molecule has 2 unspecified atom stereocenters. The zero-order valence-electron chi connectivity index (χ0n) is 11.5. The minimum atomic E-state index is -1.12. The number of carbonyl (C=O) groups excluding carboxylic acids is 1. The number of aliphatic hydroxyl groups is 1. The molecule has 1 heterocycles. The Morgan fingerprint density at radius 2 is 2.19 bits per heavy atom. The lowest BCUT2D eigenvalue weighted by Gasteiger charge is -2.21. The molecular formula is C14H16ClNO5. The SMILES string of the molecule is Cc1cc(Cl)ccc1OCC(=O)N1CC(O)CC1C(=O)O. The van der Waals surface area contributed by atoms with Crippen molar-refractivity contribution < 1.29 is 24.5 Å². The standard InChI is InChI=1S/C14H16ClNO5/c1-8-4-9(15)2-3-12(8)21-7-13(18)16-6-10(17)5-11(16)14(19)20/h2-4,10-11,17H,5-7H2,1H3,(H,19,20). The van der Waals surface area contributed by atoms with E-state index in [9.17, 15) is 14.7 Å². The minimum absolute atomic E-state index is 0.0127. The monoisotopic (exact) mass is 313 g/mol. The van der Waals surface area contributed by atoms with Crippen molar-refractivity contribution in [3.05, 3.63) is 28.8 Å². The van der Waals surface area contributed by atoms with Crippen LogP contribution < -0.4 is 4.74 Å². The van der Waals surface area contributed by atoms with Crippen molar-refractivity contribution in [2.45, 2.75) is 25.5 Å². The molecule has 1 aliphatic rings. The number of amides is 1. The molecule has 0 radical (unpaired) electrons. The van der Waals surface area contributed by atoms with Crippen molar-refractivity contribution in [1.82, 2.24) is 4.90 Å². The van der Waals surface area contributed by atoms with Crippen LogP contribution in [0.15, 0.2) is 18.2 Å². The molecule has 1 amide bonds. The lowest BCUT2D eigenvalue weighted by molar-refractivity contribution is -0.149. The van der Waals surface area contributed by atoms with Gasteiger partial charge in [-0.25, -0.2) is 4.79 Å². The summed E-state index contributed by atoms with van der Waals surface area (Å²) in [6.07, 6.45) is -0.770. The van der Waals surface area contributed by atoms with Crippen molar-refractivity contribution in [2.75, 3.05) is 13.2 Å². The Kier molecular flexibility index (Phi) is 4.69. The van der Waals surface area contributed by atoms with Gasteiger partial charge in [-0.2, -0.15) is 0 Å². The number of carboxylic acid groups (broad SMARTS) is 1. The third kappa shape index (κ3) is 3.65. The number of aryl methyl sites for hydroxylation is 1. The molecule has 0 bridgehead atoms. The van der Waals surface area contributed by atoms with Crippen LogP contribution in [-0.2, 0) is 9.59 Å². The Morgan fingerprint density at radius 1 is 1.48 bits per heavy atom. The van der Waals surface area contributed by atoms with Crippen LogP contribution in [0.2, 0.25) is 5.02 Å². The number of hydrogen-bond acceptors (Lipinski definition) is 4. The van der Waals surface area contributed by atoms with Crippen molar-refractivity contribution >= 4 is 23.5 Å². The zero-order chi connectivity index (χ0) is 15.6. The summed E-state index contributed by atoms with van der Waals surface area (Å²) in [6, 6.07) is 4.01. The van der Waals surface area contributed by atoms with E-state index >= 15 is 0 Å². The van der Waals surface area contributed by atoms with Gasteiger partial charge in [0.2, 0.25) is 0 Å². The summed E-state index contributed by atoms with van der Waals surface area (Å²) in [5, 5.41) is 19.1. The molecule has 1 fully saturated rings. The number of likely N-dealkylation sites (tertiary alicyclic amines) is 1. The highest BCUT2D eigenvalue weighted by atomic mass is 35.5. The Morgan fingerprint density at radius 3 is 2.81 bits per heavy atom. The van der Waals surface area contributed by atoms with E-state index in [2.05, 4.69) is 0 Å². The fourth-order valence-electron chi connectivity index (χ4n) is 2.32. The van der Waals surface area contributed by atoms with Crippen molar-refractivity contribution in [3.63, 3.8) is 0 Å². The highest BCUT2D eigenvalue weighted by molar-refractivity contribution is 6.30. The van der Waals surface area contributed by atoms with E-state index < -0.39 is 24.0 Å². The van der Waals surface area contributed by atoms with Gasteiger partial charge in [0.25, 0.3) is 5.91 Å². The van der Waals surface area contributed by atoms with E-state index in [0.717, 1.165) is 10.5 Å². The Labute approximate surface area is 126 Å². The van der Waals surface area contributed by atoms with Crippen molar-refractivity contribution in [2.24, 2.45) is 0 Å². The summed E-state index contributed by atoms with van der Waals surface area (Å²) in [6.45, 7) is 1.53. The van der Waals surface area contributed by atoms with E-state index in [-0.39, 0.29) is 19.6 Å². The number of aliphatic hydroxyl groups excluding tert-OH is 1. The maximum atomic E-state index is 12.1. The molecule has 2 rings (SSSR count). The first-order valence-electron chi connectivity index (χ1n) is 6.47. The van der Waals surface area contributed by atoms with Gasteiger partial charge in [-0.1, -0.05) is 11.6 Å². The number of benzene rings is 1. The zero-order valence-corrected chi connectivity index (χ0v) is 12.2. The molecule has 0 aliphatic carbocycles. The Balaban J connectivity index is 1.99. The van der Waals surface area contributed by atoms with Crippen molar-refractivity contribution in [3.8, 4) is 5.75 Å². The van der Waals surface area contributed by atoms with E-state index in [1.165, 1.54) is 0 Å². The number of rotatable bonds is 4. The van der Waals surface area contributed by atoms with Gasteiger partial charge in [-0.15, -0.1) is 0 Å². The summed E-state index contributed by atoms with van der Waals surface area (Å²) >= 11 is 5.83. The molecule has 1 aromatic rings. The van der Waals surface area contributed by atoms with E-state index in [0.29, 0.717) is 10.8 Å². The quantitative estimate of drug-likeness (QED) is 0.868. The minimum Gasteiger partial charge on any atom is -0.483 e. The molecule has 2 atom stereocenters. The van der Waals surface area contributed by atoms with Crippen LogP contribution in [0.4, 0.5) is 0 Å². The van der Waals surface area contributed by atoms with Gasteiger partial charge in [0.15, 0.2) is 6.61 Å². The smallest absolute Gasteiger partial charge is 0.326 e. The van der Waals surface area contributed by atoms with E-state index in [4.69, 9.17) is 21.4 Å². The van der Waals surface area contributed by atoms with E-state index in [1.807, 2.05) is 0 Å². The molecule has 6 nitrogen and oxygen atoms in total. The first-order chi connectivity index (χ1) is 9.88. The number of carboxylic acids is 1. The summed E-state index contributed by atoms with van der Waals surface area (Å²) in [4.78, 5) is 24.3. The van der Waals surface area contributed by atoms with Gasteiger partial charge in [-0.3, -0.25) is 4.79 Å². The largest absolute Gasteiger partial charge is 0.483 e. The van der Waals surface area contributed by atoms with Crippen LogP contribution in [0.5, 0.6) is 5.75 Å². The van der Waals surface area contributed by atoms with Gasteiger partial charge in [0, 0.05) is 18.0 Å². The first kappa shape index (κ1) is 15.6. The van der Waals surface area contributed by atoms with Gasteiger partial charge in [-0.05, 0) is 30.7 Å².